The van der Waals surface area contributed by atoms with Crippen molar-refractivity contribution in [3.63, 3.8) is 0 Å². The summed E-state index contributed by atoms with van der Waals surface area (Å²) in [6.45, 7) is -0.714. The Morgan fingerprint density at radius 2 is 0.861 bits per heavy atom. The average molecular weight is 1180 g/mol. The molecule has 0 aromatic rings. The van der Waals surface area contributed by atoms with Crippen LogP contribution in [0.25, 0.3) is 0 Å². The van der Waals surface area contributed by atoms with Crippen molar-refractivity contribution >= 4 is 28.1 Å². The van der Waals surface area contributed by atoms with Crippen molar-refractivity contribution in [1.82, 2.24) is 16.0 Å². The number of aliphatic hydroxyl groups is 15. The van der Waals surface area contributed by atoms with Crippen molar-refractivity contribution in [2.45, 2.75) is 212 Å². The van der Waals surface area contributed by atoms with Crippen LogP contribution in [0.1, 0.15) is 27.7 Å². The lowest BCUT2D eigenvalue weighted by atomic mass is 9.93. The van der Waals surface area contributed by atoms with Gasteiger partial charge in [0.1, 0.15) is 140 Å². The zero-order valence-corrected chi connectivity index (χ0v) is 43.2. The highest BCUT2D eigenvalue weighted by molar-refractivity contribution is 7.80. The first-order valence-corrected chi connectivity index (χ1v) is 26.0. The summed E-state index contributed by atoms with van der Waals surface area (Å²) in [5.74, 6) is -2.57. The summed E-state index contributed by atoms with van der Waals surface area (Å²) >= 11 is 0. The fourth-order valence-electron chi connectivity index (χ4n) is 9.79. The van der Waals surface area contributed by atoms with Gasteiger partial charge in [0.2, 0.25) is 17.7 Å². The van der Waals surface area contributed by atoms with E-state index in [1.54, 1.807) is 0 Å². The molecule has 6 aliphatic rings. The molecule has 19 N–H and O–H groups in total. The third-order valence-corrected chi connectivity index (χ3v) is 14.3. The van der Waals surface area contributed by atoms with E-state index < -0.39 is 245 Å². The second-order valence-corrected chi connectivity index (χ2v) is 20.5. The lowest BCUT2D eigenvalue weighted by molar-refractivity contribution is -0.384. The predicted octanol–water partition coefficient (Wildman–Crippen LogP) is -12.8. The van der Waals surface area contributed by atoms with Crippen LogP contribution in [0.3, 0.4) is 0 Å². The molecule has 0 aromatic carbocycles. The number of ether oxygens (including phenoxy) is 11. The first-order chi connectivity index (χ1) is 37.0. The summed E-state index contributed by atoms with van der Waals surface area (Å²) in [4.78, 5) is 38.0. The molecule has 458 valence electrons. The van der Waals surface area contributed by atoms with Crippen LogP contribution in [0.4, 0.5) is 0 Å². The van der Waals surface area contributed by atoms with E-state index >= 15 is 0 Å². The molecule has 0 saturated carbocycles. The van der Waals surface area contributed by atoms with Gasteiger partial charge in [-0.25, -0.2) is 4.18 Å². The molecular weight excluding hydrogens is 1110 g/mol. The van der Waals surface area contributed by atoms with E-state index in [-0.39, 0.29) is 0 Å². The number of aliphatic hydroxyl groups excluding tert-OH is 15. The summed E-state index contributed by atoms with van der Waals surface area (Å²) in [5.41, 5.74) is 0. The molecule has 0 aliphatic carbocycles. The van der Waals surface area contributed by atoms with Crippen molar-refractivity contribution in [3.05, 3.63) is 0 Å². The molecular formula is C42H71N3O33S. The summed E-state index contributed by atoms with van der Waals surface area (Å²) in [6, 6.07) is -5.30. The first kappa shape index (κ1) is 65.4. The molecule has 30 atom stereocenters. The van der Waals surface area contributed by atoms with Crippen LogP contribution in [0.2, 0.25) is 0 Å². The van der Waals surface area contributed by atoms with Gasteiger partial charge in [-0.1, -0.05) is 0 Å². The van der Waals surface area contributed by atoms with Crippen molar-refractivity contribution in [2.75, 3.05) is 33.0 Å². The van der Waals surface area contributed by atoms with E-state index in [0.29, 0.717) is 0 Å². The fourth-order valence-corrected chi connectivity index (χ4v) is 10.3. The van der Waals surface area contributed by atoms with Crippen LogP contribution < -0.4 is 16.0 Å². The molecule has 6 saturated heterocycles. The van der Waals surface area contributed by atoms with Crippen molar-refractivity contribution < 1.29 is 160 Å². The van der Waals surface area contributed by atoms with Crippen LogP contribution in [0, 0.1) is 0 Å². The quantitative estimate of drug-likeness (QED) is 0.0503. The van der Waals surface area contributed by atoms with Gasteiger partial charge in [0, 0.05) is 20.8 Å². The van der Waals surface area contributed by atoms with E-state index in [2.05, 4.69) is 20.1 Å². The zero-order chi connectivity index (χ0) is 58.7. The van der Waals surface area contributed by atoms with Gasteiger partial charge in [0.15, 0.2) is 37.7 Å². The molecule has 6 rings (SSSR count). The Balaban J connectivity index is 1.25. The van der Waals surface area contributed by atoms with E-state index in [4.69, 9.17) is 52.1 Å². The molecule has 0 spiro atoms. The van der Waals surface area contributed by atoms with Gasteiger partial charge in [0.05, 0.1) is 39.1 Å². The van der Waals surface area contributed by atoms with Gasteiger partial charge < -0.3 is 145 Å². The predicted molar refractivity (Wildman–Crippen MR) is 243 cm³/mol. The Kier molecular flexibility index (Phi) is 23.0. The zero-order valence-electron chi connectivity index (χ0n) is 42.4. The summed E-state index contributed by atoms with van der Waals surface area (Å²) < 4.78 is 100. The van der Waals surface area contributed by atoms with Gasteiger partial charge in [-0.15, -0.1) is 0 Å². The largest absolute Gasteiger partial charge is 0.397 e. The minimum Gasteiger partial charge on any atom is -0.394 e. The van der Waals surface area contributed by atoms with Crippen LogP contribution in [0.15, 0.2) is 0 Å². The number of carbonyl (C=O) groups is 3. The topological polar surface area (TPSA) is 556 Å². The molecule has 6 fully saturated rings. The normalized spacial score (nSPS) is 47.0. The Morgan fingerprint density at radius 3 is 1.43 bits per heavy atom. The van der Waals surface area contributed by atoms with Crippen LogP contribution in [0.5, 0.6) is 0 Å². The SMILES string of the molecule is CC(=O)N[C@@H]1[C@@H](O[C@@H]2O[C@H](CO)[C@@H](O)[C@H](O[C@@H]3O[C@H](CO)[C@H](O)[C@H](O)[C@H]3O[C@@H]3O[C@@H](C)[C@@H](O)[C@@H](O)[C@@H]3O)[C@H]2NC(C)=O)[C@@H](O)[C@@H](CO[C@@H]2O[C@H](CO)[C@@H](O[C@@H]3O[C@H](CO)[C@H](O)[C@H](OS(=O)(=O)O)[C@H]3O)[C@H](O)[C@H]2NC(C)=O)O[C@H]1O. The number of hydrogen-bond acceptors (Lipinski definition) is 32. The molecule has 0 bridgehead atoms. The molecule has 36 nitrogen and oxygen atoms in total. The number of carbonyl (C=O) groups excluding carboxylic acids is 3. The van der Waals surface area contributed by atoms with E-state index in [0.717, 1.165) is 20.8 Å². The number of amides is 3. The standard InChI is InChI=1S/C42H71N3O33S/c1-10-22(53)28(59)30(61)40(68-10)77-36-29(60)23(54)14(5-46)72-42(36)76-34-21(45-13(4)52)39(70-15(6-47)24(34)55)75-33-20(44-12(3)51)37(63)69-18(26(33)57)9-67-38-19(43-11(2)50)27(58)32(17(8-49)73-38)74-41-31(62)35(78-79(64,65)66)25(56)16(7-48)71-41/h10,14-42,46-49,53-63H,5-9H2,1-4H3,(H,43,50)(H,44,51)(H,45,52)(H,64,65,66)/t10-,14+,15+,16+,17+,18+,19+,20+,21+,22+,23-,24+,25-,26-,27+,28+,29-,30-,31+,32+,33+,34+,35-,36+,37+,38+,39-,40-,41-,42-/m0/s1. The second kappa shape index (κ2) is 27.8. The molecule has 6 aliphatic heterocycles. The van der Waals surface area contributed by atoms with Crippen LogP contribution in [-0.2, 0) is 81.1 Å². The minimum absolute atomic E-state index is 0.843. The molecule has 37 heteroatoms. The highest BCUT2D eigenvalue weighted by Crippen LogP contribution is 2.36. The monoisotopic (exact) mass is 1180 g/mol. The third-order valence-electron chi connectivity index (χ3n) is 13.8. The molecule has 0 radical (unpaired) electrons. The van der Waals surface area contributed by atoms with Gasteiger partial charge >= 0.3 is 10.4 Å². The van der Waals surface area contributed by atoms with Crippen molar-refractivity contribution in [1.29, 1.82) is 0 Å². The smallest absolute Gasteiger partial charge is 0.394 e. The Morgan fingerprint density at radius 1 is 0.418 bits per heavy atom. The number of rotatable bonds is 20. The van der Waals surface area contributed by atoms with Crippen LogP contribution in [-0.4, -0.2) is 324 Å². The maximum atomic E-state index is 12.9. The van der Waals surface area contributed by atoms with Crippen LogP contribution >= 0.6 is 0 Å². The lowest BCUT2D eigenvalue weighted by Gasteiger charge is -2.50. The maximum absolute atomic E-state index is 12.9. The highest BCUT2D eigenvalue weighted by Gasteiger charge is 2.58. The Bertz CT molecular complexity index is 2110. The van der Waals surface area contributed by atoms with E-state index in [1.165, 1.54) is 6.92 Å². The lowest BCUT2D eigenvalue weighted by Crippen LogP contribution is -2.71. The minimum atomic E-state index is -5.37. The summed E-state index contributed by atoms with van der Waals surface area (Å²) in [5, 5.41) is 169. The molecule has 0 aromatic heterocycles. The Labute approximate surface area is 448 Å². The second-order valence-electron chi connectivity index (χ2n) is 19.5. The molecule has 0 unspecified atom stereocenters. The van der Waals surface area contributed by atoms with Gasteiger partial charge in [-0.2, -0.15) is 8.42 Å². The Hall–Kier alpha value is -2.76. The molecule has 79 heavy (non-hydrogen) atoms. The third kappa shape index (κ3) is 15.1. The molecule has 6 heterocycles. The van der Waals surface area contributed by atoms with Gasteiger partial charge in [-0.05, 0) is 6.92 Å². The maximum Gasteiger partial charge on any atom is 0.397 e. The highest BCUT2D eigenvalue weighted by atomic mass is 32.3. The van der Waals surface area contributed by atoms with Gasteiger partial charge in [0.25, 0.3) is 0 Å². The van der Waals surface area contributed by atoms with E-state index in [9.17, 15) is 104 Å². The summed E-state index contributed by atoms with van der Waals surface area (Å²) in [7, 11) is -5.37. The van der Waals surface area contributed by atoms with Gasteiger partial charge in [-0.3, -0.25) is 18.9 Å². The average Bonchev–Trinajstić information content (AvgIpc) is 3.52. The van der Waals surface area contributed by atoms with Crippen molar-refractivity contribution in [2.24, 2.45) is 0 Å². The van der Waals surface area contributed by atoms with E-state index in [1.807, 2.05) is 0 Å². The molecule has 3 amide bonds. The number of nitrogens with one attached hydrogen (secondary N) is 3. The van der Waals surface area contributed by atoms with Crippen molar-refractivity contribution in [3.8, 4) is 0 Å². The fraction of sp³-hybridized carbons (Fsp3) is 0.929. The summed E-state index contributed by atoms with van der Waals surface area (Å²) in [6.07, 6.45) is -51.8. The number of hydrogen-bond donors (Lipinski definition) is 19. The first-order valence-electron chi connectivity index (χ1n) is 24.6.